The first-order chi connectivity index (χ1) is 22.5. The minimum Gasteiger partial charge on any atom is -0.392 e. The highest BCUT2D eigenvalue weighted by Gasteiger charge is 2.24. The van der Waals surface area contributed by atoms with Gasteiger partial charge in [0.2, 0.25) is 5.95 Å². The molecule has 0 bridgehead atoms. The lowest BCUT2D eigenvalue weighted by Crippen LogP contribution is -2.22. The van der Waals surface area contributed by atoms with Gasteiger partial charge in [0.25, 0.3) is 11.1 Å². The molecule has 1 aliphatic rings. The quantitative estimate of drug-likeness (QED) is 0.0443. The Bertz CT molecular complexity index is 1760. The minimum absolute atomic E-state index is 0.0106. The Hall–Kier alpha value is -3.49. The van der Waals surface area contributed by atoms with Crippen molar-refractivity contribution < 1.29 is 5.11 Å². The second-order valence-corrected chi connectivity index (χ2v) is 15.2. The predicted octanol–water partition coefficient (Wildman–Crippen LogP) is 6.31. The summed E-state index contributed by atoms with van der Waals surface area (Å²) in [4.78, 5) is 53.2. The number of rotatable bonds is 16. The number of aromatic nitrogens is 6. The number of hydrogen-bond donors (Lipinski definition) is 4. The van der Waals surface area contributed by atoms with Crippen LogP contribution in [0.5, 0.6) is 0 Å². The second kappa shape index (κ2) is 17.1. The van der Waals surface area contributed by atoms with E-state index >= 15 is 0 Å². The molecule has 14 heteroatoms. The number of nitrogens with one attached hydrogen (secondary N) is 2. The van der Waals surface area contributed by atoms with Gasteiger partial charge in [-0.15, -0.1) is 11.8 Å². The zero-order valence-corrected chi connectivity index (χ0v) is 29.6. The van der Waals surface area contributed by atoms with Gasteiger partial charge in [-0.2, -0.15) is 4.98 Å². The fraction of sp³-hybridized carbons (Fsp3) is 0.545. The van der Waals surface area contributed by atoms with E-state index in [9.17, 15) is 14.7 Å². The molecule has 0 radical (unpaired) electrons. The number of imidazole rings is 1. The summed E-state index contributed by atoms with van der Waals surface area (Å²) in [6.45, 7) is 9.74. The second-order valence-electron chi connectivity index (χ2n) is 12.5. The molecule has 0 saturated heterocycles. The van der Waals surface area contributed by atoms with Crippen LogP contribution in [0.4, 0.5) is 11.6 Å². The third-order valence-electron chi connectivity index (χ3n) is 7.80. The zero-order valence-electron chi connectivity index (χ0n) is 28.0. The van der Waals surface area contributed by atoms with Crippen LogP contribution in [0.3, 0.4) is 0 Å². The Morgan fingerprint density at radius 3 is 2.60 bits per heavy atom. The van der Waals surface area contributed by atoms with E-state index in [-0.39, 0.29) is 28.4 Å². The smallest absolute Gasteiger partial charge is 0.280 e. The van der Waals surface area contributed by atoms with Crippen LogP contribution in [0.15, 0.2) is 43.0 Å². The number of thioether (sulfide) groups is 2. The Morgan fingerprint density at radius 2 is 1.89 bits per heavy atom. The van der Waals surface area contributed by atoms with E-state index in [1.807, 2.05) is 13.8 Å². The number of allylic oxidation sites excluding steroid dienone is 2. The van der Waals surface area contributed by atoms with Crippen molar-refractivity contribution in [2.75, 3.05) is 18.2 Å². The molecule has 1 saturated carbocycles. The highest BCUT2D eigenvalue weighted by atomic mass is 32.2. The van der Waals surface area contributed by atoms with Gasteiger partial charge in [0.05, 0.1) is 23.2 Å². The van der Waals surface area contributed by atoms with E-state index in [1.54, 1.807) is 29.5 Å². The molecule has 0 unspecified atom stereocenters. The van der Waals surface area contributed by atoms with Crippen LogP contribution in [0, 0.1) is 19.8 Å². The Kier molecular flexibility index (Phi) is 13.2. The lowest BCUT2D eigenvalue weighted by atomic mass is 9.83. The Morgan fingerprint density at radius 1 is 1.11 bits per heavy atom. The largest absolute Gasteiger partial charge is 0.392 e. The number of fused-ring (bicyclic) bond motifs is 1. The van der Waals surface area contributed by atoms with Gasteiger partial charge in [-0.3, -0.25) is 24.1 Å². The summed E-state index contributed by atoms with van der Waals surface area (Å²) < 4.78 is 1.38. The number of nitrogens with zero attached hydrogens (tertiary/aromatic N) is 6. The van der Waals surface area contributed by atoms with Crippen LogP contribution < -0.4 is 16.9 Å². The van der Waals surface area contributed by atoms with Crippen LogP contribution in [0.2, 0.25) is 0 Å². The molecule has 254 valence electrons. The molecule has 1 fully saturated rings. The van der Waals surface area contributed by atoms with Crippen LogP contribution in [-0.4, -0.2) is 62.6 Å². The number of H-pyrrole nitrogens is 2. The number of aliphatic hydroxyl groups is 1. The molecule has 0 aliphatic heterocycles. The van der Waals surface area contributed by atoms with Gasteiger partial charge in [0, 0.05) is 16.7 Å². The number of unbranched alkanes of at least 4 members (excludes halogenated alkanes) is 2. The highest BCUT2D eigenvalue weighted by molar-refractivity contribution is 8.15. The van der Waals surface area contributed by atoms with Gasteiger partial charge < -0.3 is 15.8 Å². The monoisotopic (exact) mass is 681 g/mol. The molecule has 0 amide bonds. The van der Waals surface area contributed by atoms with Gasteiger partial charge in [-0.1, -0.05) is 43.2 Å². The number of nitrogens with two attached hydrogens (primary N) is 1. The summed E-state index contributed by atoms with van der Waals surface area (Å²) >= 11 is 3.03. The fourth-order valence-corrected chi connectivity index (χ4v) is 7.52. The van der Waals surface area contributed by atoms with E-state index in [4.69, 9.17) is 15.7 Å². The van der Waals surface area contributed by atoms with E-state index in [1.165, 1.54) is 43.5 Å². The normalized spacial score (nSPS) is 15.0. The Balaban J connectivity index is 1.42. The summed E-state index contributed by atoms with van der Waals surface area (Å²) in [6.07, 6.45) is 17.7. The third kappa shape index (κ3) is 10.8. The number of nitrogen functional groups attached to an aromatic ring is 1. The zero-order chi connectivity index (χ0) is 34.0. The maximum Gasteiger partial charge on any atom is 0.280 e. The minimum atomic E-state index is -0.430. The molecule has 0 atom stereocenters. The summed E-state index contributed by atoms with van der Waals surface area (Å²) in [5, 5.41) is 10.7. The molecular weight excluding hydrogens is 635 g/mol. The molecule has 47 heavy (non-hydrogen) atoms. The molecule has 0 aromatic carbocycles. The van der Waals surface area contributed by atoms with E-state index < -0.39 is 5.56 Å². The van der Waals surface area contributed by atoms with Gasteiger partial charge in [0.1, 0.15) is 5.82 Å². The third-order valence-corrected chi connectivity index (χ3v) is 9.83. The Labute approximate surface area is 284 Å². The number of aliphatic hydroxyl groups excluding tert-OH is 1. The molecule has 3 aromatic rings. The molecule has 0 spiro atoms. The first-order valence-electron chi connectivity index (χ1n) is 16.1. The van der Waals surface area contributed by atoms with Gasteiger partial charge in [-0.05, 0) is 85.1 Å². The number of anilines is 1. The van der Waals surface area contributed by atoms with E-state index in [0.29, 0.717) is 40.3 Å². The van der Waals surface area contributed by atoms with E-state index in [2.05, 4.69) is 50.9 Å². The van der Waals surface area contributed by atoms with Gasteiger partial charge in [0.15, 0.2) is 22.0 Å². The first-order valence-corrected chi connectivity index (χ1v) is 17.9. The van der Waals surface area contributed by atoms with Crippen molar-refractivity contribution in [3.63, 3.8) is 0 Å². The molecule has 1 aliphatic carbocycles. The number of aromatic amines is 2. The molecule has 12 nitrogen and oxygen atoms in total. The van der Waals surface area contributed by atoms with Crippen LogP contribution in [0.1, 0.15) is 90.1 Å². The lowest BCUT2D eigenvalue weighted by molar-refractivity contribution is 0.319. The SMILES string of the molecule is C/C(CC(C)(C)S/C(CCCCC=CCC1CCC1)=N/c1c(C)nc(C)[nH]c1=O)=N/CSc1nc2c(=O)[nH]c(N)nc2n1C=CCO. The molecule has 4 rings (SSSR count). The maximum atomic E-state index is 12.8. The van der Waals surface area contributed by atoms with Crippen molar-refractivity contribution in [3.8, 4) is 0 Å². The summed E-state index contributed by atoms with van der Waals surface area (Å²) in [6, 6.07) is 0. The molecule has 3 heterocycles. The summed E-state index contributed by atoms with van der Waals surface area (Å²) in [5.74, 6) is 1.82. The molecular formula is C33H47N9O3S2. The van der Waals surface area contributed by atoms with Gasteiger partial charge in [-0.25, -0.2) is 15.0 Å². The van der Waals surface area contributed by atoms with Crippen molar-refractivity contribution in [1.29, 1.82) is 0 Å². The van der Waals surface area contributed by atoms with Crippen LogP contribution >= 0.6 is 23.5 Å². The van der Waals surface area contributed by atoms with Crippen LogP contribution in [-0.2, 0) is 0 Å². The average Bonchev–Trinajstić information content (AvgIpc) is 3.30. The number of aliphatic imine (C=N–C) groups is 2. The average molecular weight is 682 g/mol. The highest BCUT2D eigenvalue weighted by Crippen LogP contribution is 2.34. The van der Waals surface area contributed by atoms with Gasteiger partial charge >= 0.3 is 0 Å². The number of aryl methyl sites for hydroxylation is 2. The standard InChI is InChI=1S/C33H47N9O3S2/c1-21(35-20-46-32-39-27-28(42(32)17-12-18-43)40-31(34)41-30(27)45)19-33(4,5)47-25(38-26-22(2)36-23(3)37-29(26)44)16-10-8-6-7-9-13-24-14-11-15-24/h7,9,12,17,24,43H,6,8,10-11,13-16,18-20H2,1-5H3,(H,36,37,44)(H3,34,40,41,45)/b9-7?,17-12?,35-21-,38-25+. The van der Waals surface area contributed by atoms with Crippen molar-refractivity contribution in [2.24, 2.45) is 15.9 Å². The molecule has 3 aromatic heterocycles. The van der Waals surface area contributed by atoms with Crippen molar-refractivity contribution in [3.05, 3.63) is 50.5 Å². The topological polar surface area (TPSA) is 180 Å². The summed E-state index contributed by atoms with van der Waals surface area (Å²) in [5.41, 5.74) is 7.51. The van der Waals surface area contributed by atoms with Crippen LogP contribution in [0.25, 0.3) is 17.4 Å². The van der Waals surface area contributed by atoms with Crippen molar-refractivity contribution in [2.45, 2.75) is 102 Å². The maximum absolute atomic E-state index is 12.8. The van der Waals surface area contributed by atoms with E-state index in [0.717, 1.165) is 42.4 Å². The summed E-state index contributed by atoms with van der Waals surface area (Å²) in [7, 11) is 0. The lowest BCUT2D eigenvalue weighted by Gasteiger charge is -2.25. The van der Waals surface area contributed by atoms with Crippen molar-refractivity contribution in [1.82, 2.24) is 29.5 Å². The molecule has 5 N–H and O–H groups in total. The fourth-order valence-electron chi connectivity index (χ4n) is 5.38. The first kappa shape index (κ1) is 36.3. The number of hydrogen-bond acceptors (Lipinski definition) is 11. The predicted molar refractivity (Wildman–Crippen MR) is 196 cm³/mol. The van der Waals surface area contributed by atoms with Crippen molar-refractivity contribution >= 4 is 63.3 Å².